The van der Waals surface area contributed by atoms with E-state index >= 15 is 0 Å². The zero-order valence-corrected chi connectivity index (χ0v) is 18.4. The molecule has 1 unspecified atom stereocenters. The lowest BCUT2D eigenvalue weighted by molar-refractivity contribution is -0.383. The normalized spacial score (nSPS) is 16.0. The van der Waals surface area contributed by atoms with Gasteiger partial charge in [-0.3, -0.25) is 10.1 Å². The molecule has 4 rings (SSSR count). The molecule has 0 saturated carbocycles. The molecule has 0 spiro atoms. The van der Waals surface area contributed by atoms with Crippen LogP contribution in [0.2, 0.25) is 0 Å². The number of anilines is 2. The summed E-state index contributed by atoms with van der Waals surface area (Å²) in [7, 11) is 0. The summed E-state index contributed by atoms with van der Waals surface area (Å²) in [6.45, 7) is 3.95. The molecule has 3 aromatic rings. The van der Waals surface area contributed by atoms with Crippen molar-refractivity contribution in [2.75, 3.05) is 16.3 Å². The van der Waals surface area contributed by atoms with E-state index in [9.17, 15) is 10.1 Å². The van der Waals surface area contributed by atoms with Crippen LogP contribution in [0.4, 0.5) is 17.3 Å². The third-order valence-corrected chi connectivity index (χ3v) is 6.07. The lowest BCUT2D eigenvalue weighted by Gasteiger charge is -2.36. The topological polar surface area (TPSA) is 75.4 Å². The zero-order chi connectivity index (χ0) is 22.3. The van der Waals surface area contributed by atoms with Crippen LogP contribution in [0.15, 0.2) is 67.0 Å². The van der Waals surface area contributed by atoms with E-state index in [1.54, 1.807) is 0 Å². The van der Waals surface area contributed by atoms with Crippen LogP contribution in [-0.2, 0) is 13.1 Å². The van der Waals surface area contributed by atoms with Crippen LogP contribution in [-0.4, -0.2) is 27.5 Å². The van der Waals surface area contributed by atoms with Gasteiger partial charge < -0.3 is 9.80 Å². The lowest BCUT2D eigenvalue weighted by Crippen LogP contribution is -2.40. The fourth-order valence-corrected chi connectivity index (χ4v) is 4.48. The average molecular weight is 432 g/mol. The van der Waals surface area contributed by atoms with Gasteiger partial charge in [0.05, 0.1) is 4.92 Å². The SMILES string of the molecule is CCC1CCCCN1c1ncnc(N(Cc2ccccc2)Cc2ccccc2)c1[N+](=O)[O-]. The second-order valence-electron chi connectivity index (χ2n) is 8.21. The molecule has 2 aromatic carbocycles. The monoisotopic (exact) mass is 431 g/mol. The van der Waals surface area contributed by atoms with E-state index in [4.69, 9.17) is 0 Å². The van der Waals surface area contributed by atoms with Crippen LogP contribution in [0.1, 0.15) is 43.7 Å². The Morgan fingerprint density at radius 3 is 2.19 bits per heavy atom. The molecular weight excluding hydrogens is 402 g/mol. The molecule has 1 aliphatic heterocycles. The molecule has 7 nitrogen and oxygen atoms in total. The molecule has 0 radical (unpaired) electrons. The number of nitrogens with zero attached hydrogens (tertiary/aromatic N) is 5. The zero-order valence-electron chi connectivity index (χ0n) is 18.4. The Bertz CT molecular complexity index is 988. The third-order valence-electron chi connectivity index (χ3n) is 6.07. The van der Waals surface area contributed by atoms with E-state index in [0.717, 1.165) is 43.4 Å². The first-order valence-electron chi connectivity index (χ1n) is 11.3. The maximum atomic E-state index is 12.4. The van der Waals surface area contributed by atoms with Gasteiger partial charge in [0.1, 0.15) is 6.33 Å². The van der Waals surface area contributed by atoms with Crippen LogP contribution < -0.4 is 9.80 Å². The molecule has 0 amide bonds. The van der Waals surface area contributed by atoms with Crippen LogP contribution in [0, 0.1) is 10.1 Å². The van der Waals surface area contributed by atoms with E-state index in [1.807, 2.05) is 65.6 Å². The summed E-state index contributed by atoms with van der Waals surface area (Å²) in [4.78, 5) is 25.0. The molecule has 7 heteroatoms. The first kappa shape index (κ1) is 21.7. The van der Waals surface area contributed by atoms with E-state index in [1.165, 1.54) is 6.33 Å². The largest absolute Gasteiger partial charge is 0.353 e. The fraction of sp³-hybridized carbons (Fsp3) is 0.360. The van der Waals surface area contributed by atoms with E-state index < -0.39 is 0 Å². The number of benzene rings is 2. The molecule has 1 saturated heterocycles. The average Bonchev–Trinajstić information content (AvgIpc) is 2.84. The maximum Gasteiger partial charge on any atom is 0.353 e. The van der Waals surface area contributed by atoms with E-state index in [0.29, 0.717) is 24.7 Å². The Morgan fingerprint density at radius 2 is 1.62 bits per heavy atom. The lowest BCUT2D eigenvalue weighted by atomic mass is 10.00. The summed E-state index contributed by atoms with van der Waals surface area (Å²) in [6.07, 6.45) is 5.61. The van der Waals surface area contributed by atoms with Crippen LogP contribution in [0.3, 0.4) is 0 Å². The third kappa shape index (κ3) is 4.88. The summed E-state index contributed by atoms with van der Waals surface area (Å²) in [5.41, 5.74) is 2.14. The van der Waals surface area contributed by atoms with Crippen molar-refractivity contribution < 1.29 is 4.92 Å². The molecule has 1 atom stereocenters. The molecular formula is C25H29N5O2. The Balaban J connectivity index is 1.78. The van der Waals surface area contributed by atoms with Gasteiger partial charge in [0.25, 0.3) is 0 Å². The van der Waals surface area contributed by atoms with Crippen molar-refractivity contribution >= 4 is 17.3 Å². The Morgan fingerprint density at radius 1 is 1.00 bits per heavy atom. The predicted octanol–water partition coefficient (Wildman–Crippen LogP) is 5.36. The van der Waals surface area contributed by atoms with Crippen molar-refractivity contribution in [3.63, 3.8) is 0 Å². The molecule has 1 aliphatic rings. The van der Waals surface area contributed by atoms with Gasteiger partial charge in [-0.15, -0.1) is 0 Å². The highest BCUT2D eigenvalue weighted by Gasteiger charge is 2.33. The first-order valence-corrected chi connectivity index (χ1v) is 11.3. The van der Waals surface area contributed by atoms with Gasteiger partial charge >= 0.3 is 5.69 Å². The summed E-state index contributed by atoms with van der Waals surface area (Å²) in [6, 6.07) is 20.3. The van der Waals surface area contributed by atoms with Gasteiger partial charge in [0, 0.05) is 25.7 Å². The highest BCUT2D eigenvalue weighted by Crippen LogP contribution is 2.38. The van der Waals surface area contributed by atoms with Crippen molar-refractivity contribution in [1.29, 1.82) is 0 Å². The molecule has 1 aromatic heterocycles. The number of hydrogen-bond donors (Lipinski definition) is 0. The van der Waals surface area contributed by atoms with Crippen molar-refractivity contribution in [3.05, 3.63) is 88.2 Å². The minimum Gasteiger partial charge on any atom is -0.348 e. The Hall–Kier alpha value is -3.48. The quantitative estimate of drug-likeness (QED) is 0.353. The second kappa shape index (κ2) is 10.2. The predicted molar refractivity (Wildman–Crippen MR) is 127 cm³/mol. The molecule has 0 aliphatic carbocycles. The standard InChI is InChI=1S/C25H29N5O2/c1-2-22-15-9-10-16-29(22)25-23(30(31)32)24(26-19-27-25)28(17-20-11-5-3-6-12-20)18-21-13-7-4-8-14-21/h3-8,11-14,19,22H,2,9-10,15-18H2,1H3. The number of aromatic nitrogens is 2. The Labute approximate surface area is 188 Å². The van der Waals surface area contributed by atoms with Gasteiger partial charge in [-0.2, -0.15) is 0 Å². The smallest absolute Gasteiger partial charge is 0.348 e. The van der Waals surface area contributed by atoms with Gasteiger partial charge in [-0.05, 0) is 36.8 Å². The van der Waals surface area contributed by atoms with E-state index in [2.05, 4.69) is 21.8 Å². The van der Waals surface area contributed by atoms with Crippen LogP contribution >= 0.6 is 0 Å². The second-order valence-corrected chi connectivity index (χ2v) is 8.21. The number of rotatable bonds is 8. The molecule has 2 heterocycles. The number of hydrogen-bond acceptors (Lipinski definition) is 6. The Kier molecular flexibility index (Phi) is 6.94. The van der Waals surface area contributed by atoms with Crippen molar-refractivity contribution in [2.24, 2.45) is 0 Å². The maximum absolute atomic E-state index is 12.4. The van der Waals surface area contributed by atoms with Crippen LogP contribution in [0.25, 0.3) is 0 Å². The summed E-state index contributed by atoms with van der Waals surface area (Å²) < 4.78 is 0. The summed E-state index contributed by atoms with van der Waals surface area (Å²) in [5.74, 6) is 0.811. The van der Waals surface area contributed by atoms with E-state index in [-0.39, 0.29) is 16.7 Å². The summed E-state index contributed by atoms with van der Waals surface area (Å²) >= 11 is 0. The van der Waals surface area contributed by atoms with Crippen LogP contribution in [0.5, 0.6) is 0 Å². The van der Waals surface area contributed by atoms with Gasteiger partial charge in [0.15, 0.2) is 0 Å². The van der Waals surface area contributed by atoms with Crippen molar-refractivity contribution in [2.45, 2.75) is 51.7 Å². The van der Waals surface area contributed by atoms with Crippen molar-refractivity contribution in [1.82, 2.24) is 9.97 Å². The highest BCUT2D eigenvalue weighted by molar-refractivity contribution is 5.71. The van der Waals surface area contributed by atoms with Gasteiger partial charge in [-0.1, -0.05) is 67.6 Å². The number of piperidine rings is 1. The highest BCUT2D eigenvalue weighted by atomic mass is 16.6. The first-order chi connectivity index (χ1) is 15.7. The molecule has 0 bridgehead atoms. The molecule has 32 heavy (non-hydrogen) atoms. The minimum absolute atomic E-state index is 0.000266. The van der Waals surface area contributed by atoms with Gasteiger partial charge in [-0.25, -0.2) is 9.97 Å². The summed E-state index contributed by atoms with van der Waals surface area (Å²) in [5, 5.41) is 12.4. The molecule has 1 fully saturated rings. The van der Waals surface area contributed by atoms with Crippen molar-refractivity contribution in [3.8, 4) is 0 Å². The minimum atomic E-state index is -0.311. The number of nitro groups is 1. The molecule has 0 N–H and O–H groups in total. The fourth-order valence-electron chi connectivity index (χ4n) is 4.48. The van der Waals surface area contributed by atoms with Gasteiger partial charge in [0.2, 0.25) is 11.6 Å². The molecule has 166 valence electrons.